The molecule has 0 spiro atoms. The third kappa shape index (κ3) is 3.34. The minimum absolute atomic E-state index is 0.177. The standard InChI is InChI=1S/C14H17N3O2S/c1-9-5-3-4-6-10(9)11(18)7-16-13(19)12-8-17-14(15-2)20-12/h3-6,8,11,18H,7H2,1-2H3,(H,15,17)(H,16,19). The molecule has 1 unspecified atom stereocenters. The molecule has 5 nitrogen and oxygen atoms in total. The van der Waals surface area contributed by atoms with Crippen molar-refractivity contribution in [1.82, 2.24) is 10.3 Å². The number of anilines is 1. The van der Waals surface area contributed by atoms with Crippen LogP contribution >= 0.6 is 11.3 Å². The summed E-state index contributed by atoms with van der Waals surface area (Å²) >= 11 is 1.28. The van der Waals surface area contributed by atoms with Gasteiger partial charge < -0.3 is 15.7 Å². The maximum Gasteiger partial charge on any atom is 0.263 e. The number of amides is 1. The lowest BCUT2D eigenvalue weighted by Gasteiger charge is -2.14. The van der Waals surface area contributed by atoms with E-state index in [0.29, 0.717) is 10.0 Å². The van der Waals surface area contributed by atoms with E-state index < -0.39 is 6.10 Å². The van der Waals surface area contributed by atoms with Gasteiger partial charge in [0.05, 0.1) is 12.3 Å². The quantitative estimate of drug-likeness (QED) is 0.787. The Morgan fingerprint density at radius 1 is 1.45 bits per heavy atom. The molecule has 0 fully saturated rings. The first-order valence-electron chi connectivity index (χ1n) is 6.27. The summed E-state index contributed by atoms with van der Waals surface area (Å²) in [6.45, 7) is 2.11. The van der Waals surface area contributed by atoms with Crippen molar-refractivity contribution in [2.45, 2.75) is 13.0 Å². The van der Waals surface area contributed by atoms with Crippen LogP contribution in [0.4, 0.5) is 5.13 Å². The van der Waals surface area contributed by atoms with Crippen LogP contribution in [0, 0.1) is 6.92 Å². The summed E-state index contributed by atoms with van der Waals surface area (Å²) in [4.78, 5) is 16.5. The average Bonchev–Trinajstić information content (AvgIpc) is 2.94. The van der Waals surface area contributed by atoms with Gasteiger partial charge in [-0.05, 0) is 18.1 Å². The summed E-state index contributed by atoms with van der Waals surface area (Å²) in [7, 11) is 1.75. The summed E-state index contributed by atoms with van der Waals surface area (Å²) in [6, 6.07) is 7.58. The van der Waals surface area contributed by atoms with Crippen molar-refractivity contribution in [2.75, 3.05) is 18.9 Å². The number of rotatable bonds is 5. The molecule has 0 saturated heterocycles. The Morgan fingerprint density at radius 2 is 2.20 bits per heavy atom. The summed E-state index contributed by atoms with van der Waals surface area (Å²) in [5.41, 5.74) is 1.83. The van der Waals surface area contributed by atoms with Crippen LogP contribution < -0.4 is 10.6 Å². The smallest absolute Gasteiger partial charge is 0.263 e. The number of carbonyl (C=O) groups excluding carboxylic acids is 1. The highest BCUT2D eigenvalue weighted by atomic mass is 32.1. The molecule has 2 aromatic rings. The molecule has 1 amide bonds. The second kappa shape index (κ2) is 6.49. The Hall–Kier alpha value is -1.92. The van der Waals surface area contributed by atoms with Gasteiger partial charge in [-0.25, -0.2) is 4.98 Å². The van der Waals surface area contributed by atoms with Crippen LogP contribution in [-0.2, 0) is 0 Å². The van der Waals surface area contributed by atoms with Gasteiger partial charge in [-0.15, -0.1) is 0 Å². The number of aliphatic hydroxyl groups is 1. The Labute approximate surface area is 121 Å². The van der Waals surface area contributed by atoms with Crippen molar-refractivity contribution in [2.24, 2.45) is 0 Å². The number of benzene rings is 1. The number of nitrogens with one attached hydrogen (secondary N) is 2. The van der Waals surface area contributed by atoms with E-state index in [1.54, 1.807) is 7.05 Å². The molecule has 1 aromatic heterocycles. The van der Waals surface area contributed by atoms with Crippen LogP contribution in [0.1, 0.15) is 26.9 Å². The SMILES string of the molecule is CNc1ncc(C(=O)NCC(O)c2ccccc2C)s1. The molecule has 0 aliphatic heterocycles. The van der Waals surface area contributed by atoms with Gasteiger partial charge >= 0.3 is 0 Å². The lowest BCUT2D eigenvalue weighted by Crippen LogP contribution is -2.28. The fraction of sp³-hybridized carbons (Fsp3) is 0.286. The van der Waals surface area contributed by atoms with Crippen LogP contribution in [0.3, 0.4) is 0 Å². The Morgan fingerprint density at radius 3 is 2.85 bits per heavy atom. The Kier molecular flexibility index (Phi) is 4.70. The summed E-state index contributed by atoms with van der Waals surface area (Å²) in [6.07, 6.45) is 0.809. The Bertz CT molecular complexity index is 598. The predicted molar refractivity (Wildman–Crippen MR) is 80.1 cm³/mol. The summed E-state index contributed by atoms with van der Waals surface area (Å²) in [5, 5.41) is 16.4. The van der Waals surface area contributed by atoms with Crippen LogP contribution in [0.15, 0.2) is 30.5 Å². The molecule has 0 aliphatic rings. The third-order valence-corrected chi connectivity index (χ3v) is 3.96. The van der Waals surface area contributed by atoms with Crippen molar-refractivity contribution in [3.63, 3.8) is 0 Å². The van der Waals surface area contributed by atoms with Crippen LogP contribution in [0.2, 0.25) is 0 Å². The lowest BCUT2D eigenvalue weighted by atomic mass is 10.0. The van der Waals surface area contributed by atoms with E-state index in [0.717, 1.165) is 11.1 Å². The molecule has 1 atom stereocenters. The topological polar surface area (TPSA) is 74.2 Å². The van der Waals surface area contributed by atoms with Gasteiger partial charge in [0, 0.05) is 13.6 Å². The van der Waals surface area contributed by atoms with E-state index in [-0.39, 0.29) is 12.5 Å². The number of carbonyl (C=O) groups is 1. The maximum absolute atomic E-state index is 11.9. The molecule has 2 rings (SSSR count). The summed E-state index contributed by atoms with van der Waals surface area (Å²) in [5.74, 6) is -0.225. The number of aromatic nitrogens is 1. The van der Waals surface area contributed by atoms with Gasteiger partial charge in [-0.3, -0.25) is 4.79 Å². The van der Waals surface area contributed by atoms with Crippen LogP contribution in [0.5, 0.6) is 0 Å². The maximum atomic E-state index is 11.9. The van der Waals surface area contributed by atoms with E-state index in [1.165, 1.54) is 17.5 Å². The molecule has 0 aliphatic carbocycles. The van der Waals surface area contributed by atoms with Gasteiger partial charge in [-0.2, -0.15) is 0 Å². The van der Waals surface area contributed by atoms with Crippen molar-refractivity contribution in [1.29, 1.82) is 0 Å². The van der Waals surface area contributed by atoms with Crippen molar-refractivity contribution < 1.29 is 9.90 Å². The molecule has 0 saturated carbocycles. The highest BCUT2D eigenvalue weighted by molar-refractivity contribution is 7.17. The molecule has 3 N–H and O–H groups in total. The highest BCUT2D eigenvalue weighted by Gasteiger charge is 2.14. The fourth-order valence-electron chi connectivity index (χ4n) is 1.84. The number of thiazole rings is 1. The van der Waals surface area contributed by atoms with E-state index >= 15 is 0 Å². The minimum atomic E-state index is -0.711. The third-order valence-electron chi connectivity index (χ3n) is 2.95. The normalized spacial score (nSPS) is 11.9. The lowest BCUT2D eigenvalue weighted by molar-refractivity contribution is 0.0919. The number of aliphatic hydroxyl groups excluding tert-OH is 1. The summed E-state index contributed by atoms with van der Waals surface area (Å²) < 4.78 is 0. The number of aryl methyl sites for hydroxylation is 1. The van der Waals surface area contributed by atoms with Crippen LogP contribution in [0.25, 0.3) is 0 Å². The van der Waals surface area contributed by atoms with E-state index in [9.17, 15) is 9.90 Å². The van der Waals surface area contributed by atoms with Gasteiger partial charge in [0.15, 0.2) is 5.13 Å². The predicted octanol–water partition coefficient (Wildman–Crippen LogP) is 1.96. The van der Waals surface area contributed by atoms with Gasteiger partial charge in [-0.1, -0.05) is 35.6 Å². The largest absolute Gasteiger partial charge is 0.387 e. The monoisotopic (exact) mass is 291 g/mol. The molecule has 0 bridgehead atoms. The number of nitrogens with zero attached hydrogens (tertiary/aromatic N) is 1. The highest BCUT2D eigenvalue weighted by Crippen LogP contribution is 2.18. The molecule has 106 valence electrons. The average molecular weight is 291 g/mol. The molecular formula is C14H17N3O2S. The van der Waals surface area contributed by atoms with E-state index in [4.69, 9.17) is 0 Å². The molecule has 1 aromatic carbocycles. The minimum Gasteiger partial charge on any atom is -0.387 e. The van der Waals surface area contributed by atoms with E-state index in [2.05, 4.69) is 15.6 Å². The van der Waals surface area contributed by atoms with Crippen molar-refractivity contribution in [3.8, 4) is 0 Å². The number of hydrogen-bond donors (Lipinski definition) is 3. The molecule has 0 radical (unpaired) electrons. The van der Waals surface area contributed by atoms with Crippen molar-refractivity contribution >= 4 is 22.4 Å². The second-order valence-corrected chi connectivity index (χ2v) is 5.39. The number of hydrogen-bond acceptors (Lipinski definition) is 5. The molecule has 1 heterocycles. The van der Waals surface area contributed by atoms with Gasteiger partial charge in [0.2, 0.25) is 0 Å². The molecule has 20 heavy (non-hydrogen) atoms. The van der Waals surface area contributed by atoms with Gasteiger partial charge in [0.25, 0.3) is 5.91 Å². The Balaban J connectivity index is 1.95. The second-order valence-electron chi connectivity index (χ2n) is 4.36. The first-order chi connectivity index (χ1) is 9.61. The van der Waals surface area contributed by atoms with Crippen molar-refractivity contribution in [3.05, 3.63) is 46.5 Å². The van der Waals surface area contributed by atoms with E-state index in [1.807, 2.05) is 31.2 Å². The zero-order valence-electron chi connectivity index (χ0n) is 11.4. The van der Waals surface area contributed by atoms with Gasteiger partial charge in [0.1, 0.15) is 4.88 Å². The molecular weight excluding hydrogens is 274 g/mol. The zero-order valence-corrected chi connectivity index (χ0v) is 12.2. The first kappa shape index (κ1) is 14.5. The van der Waals surface area contributed by atoms with Crippen LogP contribution in [-0.4, -0.2) is 29.6 Å². The zero-order chi connectivity index (χ0) is 14.5. The fourth-order valence-corrected chi connectivity index (χ4v) is 2.53. The first-order valence-corrected chi connectivity index (χ1v) is 7.09. The molecule has 6 heteroatoms.